The van der Waals surface area contributed by atoms with E-state index in [0.717, 1.165) is 0 Å². The van der Waals surface area contributed by atoms with Crippen LogP contribution in [0.5, 0.6) is 5.75 Å². The van der Waals surface area contributed by atoms with Gasteiger partial charge in [0.25, 0.3) is 5.60 Å². The van der Waals surface area contributed by atoms with Crippen LogP contribution < -0.4 is 4.74 Å². The lowest BCUT2D eigenvalue weighted by molar-refractivity contribution is -0.258. The molecule has 1 aliphatic rings. The van der Waals surface area contributed by atoms with E-state index in [1.807, 2.05) is 0 Å². The number of hydrogen-bond acceptors (Lipinski definition) is 3. The predicted octanol–water partition coefficient (Wildman–Crippen LogP) is 2.51. The molecule has 1 heterocycles. The van der Waals surface area contributed by atoms with Crippen LogP contribution in [0.2, 0.25) is 0 Å². The molecule has 0 aromatic heterocycles. The Bertz CT molecular complexity index is 693. The van der Waals surface area contributed by atoms with E-state index in [1.165, 1.54) is 24.3 Å². The highest BCUT2D eigenvalue weighted by Crippen LogP contribution is 2.50. The van der Waals surface area contributed by atoms with Crippen LogP contribution in [0.15, 0.2) is 36.4 Å². The molecule has 98 valence electrons. The van der Waals surface area contributed by atoms with E-state index in [1.54, 1.807) is 12.1 Å². The quantitative estimate of drug-likeness (QED) is 0.590. The minimum absolute atomic E-state index is 0.144. The number of hydrogen-bond donors (Lipinski definition) is 1. The van der Waals surface area contributed by atoms with E-state index in [-0.39, 0.29) is 11.1 Å². The van der Waals surface area contributed by atoms with Crippen LogP contribution in [0.25, 0.3) is 10.8 Å². The molecule has 1 atom stereocenters. The lowest BCUT2D eigenvalue weighted by Gasteiger charge is -2.23. The first kappa shape index (κ1) is 12.0. The van der Waals surface area contributed by atoms with E-state index in [4.69, 9.17) is 0 Å². The van der Waals surface area contributed by atoms with Crippen molar-refractivity contribution in [2.45, 2.75) is 11.8 Å². The molecule has 3 rings (SSSR count). The Balaban J connectivity index is 2.42. The number of rotatable bonds is 0. The van der Waals surface area contributed by atoms with Crippen molar-refractivity contribution in [1.29, 1.82) is 0 Å². The second-order valence-electron chi connectivity index (χ2n) is 4.26. The third-order valence-electron chi connectivity index (χ3n) is 3.16. The number of halogens is 3. The van der Waals surface area contributed by atoms with Crippen LogP contribution in [0.4, 0.5) is 13.2 Å². The van der Waals surface area contributed by atoms with Crippen molar-refractivity contribution < 1.29 is 27.8 Å². The van der Waals surface area contributed by atoms with Crippen LogP contribution in [0.1, 0.15) is 5.56 Å². The third-order valence-corrected chi connectivity index (χ3v) is 3.16. The zero-order valence-corrected chi connectivity index (χ0v) is 9.36. The van der Waals surface area contributed by atoms with Gasteiger partial charge in [-0.25, -0.2) is 4.79 Å². The summed E-state index contributed by atoms with van der Waals surface area (Å²) in [5, 5.41) is 10.5. The average Bonchev–Trinajstić information content (AvgIpc) is 2.62. The van der Waals surface area contributed by atoms with Gasteiger partial charge in [-0.3, -0.25) is 0 Å². The highest BCUT2D eigenvalue weighted by molar-refractivity contribution is 5.99. The van der Waals surface area contributed by atoms with Crippen LogP contribution >= 0.6 is 0 Å². The fourth-order valence-corrected chi connectivity index (χ4v) is 2.24. The number of benzene rings is 2. The van der Waals surface area contributed by atoms with E-state index in [2.05, 4.69) is 4.74 Å². The van der Waals surface area contributed by atoms with Crippen molar-refractivity contribution in [2.24, 2.45) is 0 Å². The standard InChI is InChI=1S/C13H7F3O3/c14-13(15,16)12(18)10-8-4-2-1-3-7(8)5-6-9(10)19-11(12)17/h1-6,18H. The first-order valence-corrected chi connectivity index (χ1v) is 5.39. The van der Waals surface area contributed by atoms with E-state index in [0.29, 0.717) is 5.39 Å². The normalized spacial score (nSPS) is 22.4. The maximum Gasteiger partial charge on any atom is 0.432 e. The highest BCUT2D eigenvalue weighted by atomic mass is 19.4. The van der Waals surface area contributed by atoms with Gasteiger partial charge in [-0.2, -0.15) is 13.2 Å². The van der Waals surface area contributed by atoms with Crippen LogP contribution in [-0.2, 0) is 10.4 Å². The van der Waals surface area contributed by atoms with Crippen molar-refractivity contribution in [1.82, 2.24) is 0 Å². The van der Waals surface area contributed by atoms with Crippen molar-refractivity contribution in [3.05, 3.63) is 42.0 Å². The Morgan fingerprint density at radius 3 is 2.47 bits per heavy atom. The van der Waals surface area contributed by atoms with Gasteiger partial charge < -0.3 is 9.84 Å². The molecule has 3 nitrogen and oxygen atoms in total. The number of esters is 1. The molecule has 1 unspecified atom stereocenters. The second kappa shape index (κ2) is 3.48. The molecule has 0 radical (unpaired) electrons. The Morgan fingerprint density at radius 2 is 1.79 bits per heavy atom. The van der Waals surface area contributed by atoms with Gasteiger partial charge in [0.1, 0.15) is 5.75 Å². The monoisotopic (exact) mass is 268 g/mol. The summed E-state index contributed by atoms with van der Waals surface area (Å²) in [4.78, 5) is 11.5. The molecule has 0 aliphatic carbocycles. The molecule has 0 amide bonds. The molecular formula is C13H7F3O3. The molecule has 1 aliphatic heterocycles. The van der Waals surface area contributed by atoms with Gasteiger partial charge in [-0.1, -0.05) is 30.3 Å². The van der Waals surface area contributed by atoms with Crippen LogP contribution in [0.3, 0.4) is 0 Å². The van der Waals surface area contributed by atoms with Crippen molar-refractivity contribution >= 4 is 16.7 Å². The van der Waals surface area contributed by atoms with E-state index < -0.39 is 23.3 Å². The third kappa shape index (κ3) is 1.40. The Morgan fingerprint density at radius 1 is 1.11 bits per heavy atom. The number of carbonyl (C=O) groups excluding carboxylic acids is 1. The molecule has 1 N–H and O–H groups in total. The summed E-state index contributed by atoms with van der Waals surface area (Å²) in [5.74, 6) is -1.98. The molecule has 2 aromatic carbocycles. The second-order valence-corrected chi connectivity index (χ2v) is 4.26. The molecule has 6 heteroatoms. The maximum absolute atomic E-state index is 13.1. The van der Waals surface area contributed by atoms with Gasteiger partial charge >= 0.3 is 12.1 Å². The number of aliphatic hydroxyl groups is 1. The zero-order chi connectivity index (χ0) is 13.8. The zero-order valence-electron chi connectivity index (χ0n) is 9.36. The Kier molecular flexibility index (Phi) is 2.19. The summed E-state index contributed by atoms with van der Waals surface area (Å²) in [7, 11) is 0. The number of carbonyl (C=O) groups is 1. The molecule has 0 saturated heterocycles. The largest absolute Gasteiger partial charge is 0.432 e. The van der Waals surface area contributed by atoms with Crippen molar-refractivity contribution in [2.75, 3.05) is 0 Å². The molecular weight excluding hydrogens is 261 g/mol. The molecule has 0 saturated carbocycles. The van der Waals surface area contributed by atoms with Crippen LogP contribution in [-0.4, -0.2) is 17.3 Å². The topological polar surface area (TPSA) is 46.5 Å². The minimum Gasteiger partial charge on any atom is -0.423 e. The summed E-state index contributed by atoms with van der Waals surface area (Å²) in [6.07, 6.45) is -5.14. The minimum atomic E-state index is -5.14. The van der Waals surface area contributed by atoms with Crippen molar-refractivity contribution in [3.8, 4) is 5.75 Å². The molecule has 2 aromatic rings. The lowest BCUT2D eigenvalue weighted by Crippen LogP contribution is -2.47. The summed E-state index contributed by atoms with van der Waals surface area (Å²) in [6, 6.07) is 8.96. The Hall–Kier alpha value is -2.08. The highest BCUT2D eigenvalue weighted by Gasteiger charge is 2.67. The molecule has 0 bridgehead atoms. The fourth-order valence-electron chi connectivity index (χ4n) is 2.24. The molecule has 19 heavy (non-hydrogen) atoms. The number of ether oxygens (including phenoxy) is 1. The summed E-state index contributed by atoms with van der Waals surface area (Å²) < 4.78 is 43.7. The van der Waals surface area contributed by atoms with Gasteiger partial charge in [-0.05, 0) is 16.8 Å². The SMILES string of the molecule is O=C1Oc2ccc3ccccc3c2C1(O)C(F)(F)F. The summed E-state index contributed by atoms with van der Waals surface area (Å²) in [6.45, 7) is 0. The Labute approximate surface area is 105 Å². The van der Waals surface area contributed by atoms with Crippen molar-refractivity contribution in [3.63, 3.8) is 0 Å². The van der Waals surface area contributed by atoms with Gasteiger partial charge in [0.2, 0.25) is 0 Å². The van der Waals surface area contributed by atoms with E-state index in [9.17, 15) is 23.1 Å². The summed E-state index contributed by atoms with van der Waals surface area (Å²) >= 11 is 0. The van der Waals surface area contributed by atoms with Gasteiger partial charge in [0, 0.05) is 0 Å². The van der Waals surface area contributed by atoms with E-state index >= 15 is 0 Å². The van der Waals surface area contributed by atoms with Crippen LogP contribution in [0, 0.1) is 0 Å². The smallest absolute Gasteiger partial charge is 0.423 e. The molecule has 0 fully saturated rings. The summed E-state index contributed by atoms with van der Waals surface area (Å²) in [5.41, 5.74) is -4.15. The average molecular weight is 268 g/mol. The van der Waals surface area contributed by atoms with Gasteiger partial charge in [0.15, 0.2) is 0 Å². The predicted molar refractivity (Wildman–Crippen MR) is 59.5 cm³/mol. The first-order valence-electron chi connectivity index (χ1n) is 5.39. The number of fused-ring (bicyclic) bond motifs is 3. The van der Waals surface area contributed by atoms with Gasteiger partial charge in [-0.15, -0.1) is 0 Å². The lowest BCUT2D eigenvalue weighted by atomic mass is 9.90. The molecule has 0 spiro atoms. The first-order chi connectivity index (χ1) is 8.85. The maximum atomic E-state index is 13.1. The van der Waals surface area contributed by atoms with Gasteiger partial charge in [0.05, 0.1) is 5.56 Å². The number of alkyl halides is 3. The fraction of sp³-hybridized carbons (Fsp3) is 0.154.